The van der Waals surface area contributed by atoms with E-state index >= 15 is 0 Å². The lowest BCUT2D eigenvalue weighted by Crippen LogP contribution is -2.32. The lowest BCUT2D eigenvalue weighted by Gasteiger charge is -2.29. The average Bonchev–Trinajstić information content (AvgIpc) is 3.22. The van der Waals surface area contributed by atoms with E-state index in [1.807, 2.05) is 26.8 Å². The molecule has 2 unspecified atom stereocenters. The van der Waals surface area contributed by atoms with Crippen LogP contribution in [-0.2, 0) is 29.1 Å². The number of benzene rings is 1. The standard InChI is InChI=1S/C24H21BFN3O3.C2H6/c1-3-11-13-6-19-22-14(8-29(19)23(30)15(13)9-32-24(11)31)21-17(28-25)5-4-12-10(2)16(26)7-18(27-22)20(12)21;1-2/h6-7,11,17,28H,3-5,8-9H2,1-2H3;1-2H3. The van der Waals surface area contributed by atoms with Crippen LogP contribution in [0.5, 0.6) is 0 Å². The Morgan fingerprint density at radius 1 is 1.24 bits per heavy atom. The van der Waals surface area contributed by atoms with Crippen LogP contribution in [0.15, 0.2) is 16.9 Å². The van der Waals surface area contributed by atoms with E-state index in [2.05, 4.69) is 5.23 Å². The van der Waals surface area contributed by atoms with Crippen molar-refractivity contribution in [2.45, 2.75) is 72.1 Å². The molecule has 0 bridgehead atoms. The molecule has 4 heterocycles. The van der Waals surface area contributed by atoms with Gasteiger partial charge in [0.1, 0.15) is 12.4 Å². The highest BCUT2D eigenvalue weighted by atomic mass is 19.1. The van der Waals surface area contributed by atoms with Gasteiger partial charge in [0.05, 0.1) is 34.9 Å². The first kappa shape index (κ1) is 22.8. The number of aromatic nitrogens is 2. The molecule has 174 valence electrons. The highest BCUT2D eigenvalue weighted by Crippen LogP contribution is 2.45. The largest absolute Gasteiger partial charge is 0.460 e. The first-order chi connectivity index (χ1) is 16.4. The third-order valence-corrected chi connectivity index (χ3v) is 7.40. The minimum Gasteiger partial charge on any atom is -0.460 e. The van der Waals surface area contributed by atoms with Crippen molar-refractivity contribution in [3.8, 4) is 11.4 Å². The zero-order valence-corrected chi connectivity index (χ0v) is 19.9. The van der Waals surface area contributed by atoms with Gasteiger partial charge in [0.2, 0.25) is 0 Å². The molecule has 3 aliphatic rings. The van der Waals surface area contributed by atoms with Crippen LogP contribution in [0.3, 0.4) is 0 Å². The van der Waals surface area contributed by atoms with E-state index in [-0.39, 0.29) is 30.0 Å². The molecule has 0 spiro atoms. The number of carbonyl (C=O) groups is 1. The van der Waals surface area contributed by atoms with Crippen molar-refractivity contribution in [2.24, 2.45) is 0 Å². The molecule has 0 fully saturated rings. The van der Waals surface area contributed by atoms with E-state index in [4.69, 9.17) is 17.7 Å². The smallest absolute Gasteiger partial charge is 0.313 e. The predicted molar refractivity (Wildman–Crippen MR) is 129 cm³/mol. The molecular formula is C26H27BFN3O3. The Labute approximate surface area is 199 Å². The maximum Gasteiger partial charge on any atom is 0.313 e. The van der Waals surface area contributed by atoms with Crippen LogP contribution in [-0.4, -0.2) is 23.5 Å². The van der Waals surface area contributed by atoms with Crippen LogP contribution in [0, 0.1) is 12.7 Å². The first-order valence-electron chi connectivity index (χ1n) is 12.0. The van der Waals surface area contributed by atoms with Gasteiger partial charge in [0, 0.05) is 23.1 Å². The minimum atomic E-state index is -0.467. The summed E-state index contributed by atoms with van der Waals surface area (Å²) in [5, 5.41) is 3.85. The SMILES string of the molecule is CC.[B]NC1CCc2c(C)c(F)cc3nc4c(c1c23)Cn1c-4cc2c(c1=O)COC(=O)C2CC. The Kier molecular flexibility index (Phi) is 5.59. The Morgan fingerprint density at radius 2 is 2.00 bits per heavy atom. The summed E-state index contributed by atoms with van der Waals surface area (Å²) in [4.78, 5) is 30.6. The van der Waals surface area contributed by atoms with Gasteiger partial charge in [-0.15, -0.1) is 0 Å². The lowest BCUT2D eigenvalue weighted by atomic mass is 9.81. The molecule has 1 N–H and O–H groups in total. The number of fused-ring (bicyclic) bond motifs is 5. The molecular weight excluding hydrogens is 432 g/mol. The number of aryl methyl sites for hydroxylation is 1. The molecule has 0 saturated heterocycles. The summed E-state index contributed by atoms with van der Waals surface area (Å²) in [6, 6.07) is 3.27. The number of pyridine rings is 2. The third-order valence-electron chi connectivity index (χ3n) is 7.40. The number of halogens is 1. The monoisotopic (exact) mass is 459 g/mol. The van der Waals surface area contributed by atoms with Gasteiger partial charge < -0.3 is 14.5 Å². The fourth-order valence-corrected chi connectivity index (χ4v) is 5.74. The predicted octanol–water partition coefficient (Wildman–Crippen LogP) is 4.11. The number of nitrogens with zero attached hydrogens (tertiary/aromatic N) is 2. The van der Waals surface area contributed by atoms with Crippen LogP contribution >= 0.6 is 0 Å². The van der Waals surface area contributed by atoms with E-state index in [1.165, 1.54) is 6.07 Å². The summed E-state index contributed by atoms with van der Waals surface area (Å²) in [5.41, 5.74) is 6.52. The topological polar surface area (TPSA) is 73.2 Å². The first-order valence-corrected chi connectivity index (χ1v) is 12.0. The van der Waals surface area contributed by atoms with Gasteiger partial charge in [-0.2, -0.15) is 0 Å². The molecule has 1 aromatic carbocycles. The van der Waals surface area contributed by atoms with Crippen molar-refractivity contribution in [1.29, 1.82) is 0 Å². The van der Waals surface area contributed by atoms with Crippen LogP contribution in [0.25, 0.3) is 22.3 Å². The van der Waals surface area contributed by atoms with Gasteiger partial charge in [-0.25, -0.2) is 9.37 Å². The van der Waals surface area contributed by atoms with Crippen molar-refractivity contribution >= 4 is 24.9 Å². The Morgan fingerprint density at radius 3 is 2.71 bits per heavy atom. The van der Waals surface area contributed by atoms with Crippen LogP contribution < -0.4 is 10.8 Å². The van der Waals surface area contributed by atoms with Gasteiger partial charge in [0.25, 0.3) is 5.56 Å². The van der Waals surface area contributed by atoms with E-state index < -0.39 is 5.92 Å². The summed E-state index contributed by atoms with van der Waals surface area (Å²) in [6.07, 6.45) is 1.99. The van der Waals surface area contributed by atoms with Crippen LogP contribution in [0.2, 0.25) is 0 Å². The fourth-order valence-electron chi connectivity index (χ4n) is 5.74. The van der Waals surface area contributed by atoms with Crippen molar-refractivity contribution in [3.63, 3.8) is 0 Å². The zero-order valence-electron chi connectivity index (χ0n) is 19.9. The maximum atomic E-state index is 14.7. The van der Waals surface area contributed by atoms with Crippen molar-refractivity contribution in [1.82, 2.24) is 14.8 Å². The number of ether oxygens (including phenoxy) is 1. The molecule has 0 saturated carbocycles. The molecule has 6 nitrogen and oxygen atoms in total. The van der Waals surface area contributed by atoms with Crippen molar-refractivity contribution in [3.05, 3.63) is 61.7 Å². The Balaban J connectivity index is 0.00000117. The lowest BCUT2D eigenvalue weighted by molar-refractivity contribution is -0.148. The van der Waals surface area contributed by atoms with Gasteiger partial charge in [-0.3, -0.25) is 9.59 Å². The summed E-state index contributed by atoms with van der Waals surface area (Å²) in [6.45, 7) is 8.06. The molecule has 2 radical (unpaired) electrons. The highest BCUT2D eigenvalue weighted by molar-refractivity contribution is 6.05. The van der Waals surface area contributed by atoms with Gasteiger partial charge in [-0.1, -0.05) is 20.8 Å². The third kappa shape index (κ3) is 3.01. The number of cyclic esters (lactones) is 1. The quantitative estimate of drug-likeness (QED) is 0.361. The molecule has 2 aromatic heterocycles. The Bertz CT molecular complexity index is 1420. The van der Waals surface area contributed by atoms with Gasteiger partial charge in [0.15, 0.2) is 7.98 Å². The maximum absolute atomic E-state index is 14.7. The molecule has 8 heteroatoms. The second kappa shape index (κ2) is 8.34. The second-order valence-corrected chi connectivity index (χ2v) is 8.89. The number of esters is 1. The van der Waals surface area contributed by atoms with E-state index in [1.54, 1.807) is 11.5 Å². The highest BCUT2D eigenvalue weighted by Gasteiger charge is 2.36. The van der Waals surface area contributed by atoms with Gasteiger partial charge >= 0.3 is 5.97 Å². The normalized spacial score (nSPS) is 19.6. The minimum absolute atomic E-state index is 0.01000. The fraction of sp³-hybridized carbons (Fsp3) is 0.423. The van der Waals surface area contributed by atoms with Crippen molar-refractivity contribution < 1.29 is 13.9 Å². The van der Waals surface area contributed by atoms with Crippen LogP contribution in [0.4, 0.5) is 4.39 Å². The van der Waals surface area contributed by atoms with E-state index in [9.17, 15) is 14.0 Å². The number of rotatable bonds is 2. The number of nitrogens with one attached hydrogen (secondary N) is 1. The summed E-state index contributed by atoms with van der Waals surface area (Å²) < 4.78 is 21.7. The molecule has 2 aliphatic heterocycles. The Hall–Kier alpha value is -3.00. The summed E-state index contributed by atoms with van der Waals surface area (Å²) >= 11 is 0. The summed E-state index contributed by atoms with van der Waals surface area (Å²) in [7, 11) is 5.92. The molecule has 2 atom stereocenters. The molecule has 34 heavy (non-hydrogen) atoms. The van der Waals surface area contributed by atoms with Crippen LogP contribution in [0.1, 0.15) is 79.0 Å². The molecule has 6 rings (SSSR count). The number of hydrogen-bond acceptors (Lipinski definition) is 5. The number of hydrogen-bond donors (Lipinski definition) is 1. The molecule has 1 aliphatic carbocycles. The average molecular weight is 459 g/mol. The molecule has 0 amide bonds. The molecule has 3 aromatic rings. The van der Waals surface area contributed by atoms with Crippen molar-refractivity contribution in [2.75, 3.05) is 0 Å². The van der Waals surface area contributed by atoms with E-state index in [0.717, 1.165) is 28.5 Å². The van der Waals surface area contributed by atoms with E-state index in [0.29, 0.717) is 53.0 Å². The summed E-state index contributed by atoms with van der Waals surface area (Å²) in [5.74, 6) is -1.05. The van der Waals surface area contributed by atoms with Gasteiger partial charge in [-0.05, 0) is 54.5 Å². The number of carbonyl (C=O) groups excluding carboxylic acids is 1. The zero-order chi connectivity index (χ0) is 24.3. The second-order valence-electron chi connectivity index (χ2n) is 8.89.